The summed E-state index contributed by atoms with van der Waals surface area (Å²) >= 11 is 0. The molecule has 1 aromatic carbocycles. The summed E-state index contributed by atoms with van der Waals surface area (Å²) in [5, 5.41) is 8.92. The van der Waals surface area contributed by atoms with E-state index in [9.17, 15) is 13.2 Å². The topological polar surface area (TPSA) is 87.6 Å². The molecule has 0 bridgehead atoms. The minimum Gasteiger partial charge on any atom is -0.477 e. The van der Waals surface area contributed by atoms with Crippen LogP contribution >= 0.6 is 0 Å². The normalized spacial score (nSPS) is 15.1. The number of pyridine rings is 1. The number of hydrogen-bond acceptors (Lipinski definition) is 4. The predicted octanol–water partition coefficient (Wildman–Crippen LogP) is 2.77. The number of benzene rings is 1. The molecule has 1 N–H and O–H groups in total. The van der Waals surface area contributed by atoms with Crippen molar-refractivity contribution < 1.29 is 18.3 Å². The Morgan fingerprint density at radius 1 is 1.16 bits per heavy atom. The zero-order valence-electron chi connectivity index (χ0n) is 13.7. The molecule has 0 spiro atoms. The highest BCUT2D eigenvalue weighted by Gasteiger charge is 2.30. The molecule has 0 atom stereocenters. The van der Waals surface area contributed by atoms with E-state index in [2.05, 4.69) is 4.98 Å². The third-order valence-corrected chi connectivity index (χ3v) is 6.28. The molecule has 2 aromatic rings. The van der Waals surface area contributed by atoms with E-state index in [1.807, 2.05) is 30.3 Å². The first-order valence-electron chi connectivity index (χ1n) is 8.20. The highest BCUT2D eigenvalue weighted by atomic mass is 32.2. The zero-order valence-corrected chi connectivity index (χ0v) is 14.5. The van der Waals surface area contributed by atoms with Gasteiger partial charge in [-0.15, -0.1) is 0 Å². The fourth-order valence-corrected chi connectivity index (χ4v) is 4.26. The first-order chi connectivity index (χ1) is 12.0. The van der Waals surface area contributed by atoms with Crippen molar-refractivity contribution >= 4 is 16.0 Å². The molecule has 1 aliphatic rings. The Morgan fingerprint density at radius 3 is 2.40 bits per heavy atom. The van der Waals surface area contributed by atoms with Crippen LogP contribution in [-0.4, -0.2) is 35.3 Å². The van der Waals surface area contributed by atoms with Crippen LogP contribution in [-0.2, 0) is 16.6 Å². The van der Waals surface area contributed by atoms with Gasteiger partial charge in [-0.1, -0.05) is 36.8 Å². The number of sulfonamides is 1. The summed E-state index contributed by atoms with van der Waals surface area (Å²) in [5.41, 5.74) is 0.744. The van der Waals surface area contributed by atoms with E-state index in [1.54, 1.807) is 0 Å². The summed E-state index contributed by atoms with van der Waals surface area (Å²) < 4.78 is 27.5. The van der Waals surface area contributed by atoms with Gasteiger partial charge in [0.05, 0.1) is 0 Å². The van der Waals surface area contributed by atoms with Crippen molar-refractivity contribution in [3.63, 3.8) is 0 Å². The van der Waals surface area contributed by atoms with E-state index in [4.69, 9.17) is 5.11 Å². The largest absolute Gasteiger partial charge is 0.477 e. The number of aromatic nitrogens is 1. The van der Waals surface area contributed by atoms with Crippen molar-refractivity contribution in [3.05, 3.63) is 59.9 Å². The number of carboxylic acids is 1. The molecule has 3 rings (SSSR count). The molecule has 1 heterocycles. The van der Waals surface area contributed by atoms with Crippen LogP contribution in [0.1, 0.15) is 35.3 Å². The Balaban J connectivity index is 1.87. The molecule has 132 valence electrons. The maximum Gasteiger partial charge on any atom is 0.354 e. The van der Waals surface area contributed by atoms with Gasteiger partial charge in [0.1, 0.15) is 10.6 Å². The van der Waals surface area contributed by atoms with E-state index < -0.39 is 16.0 Å². The lowest BCUT2D eigenvalue weighted by Gasteiger charge is -2.31. The standard InChI is InChI=1S/C18H20N2O4S/c21-18(22)17-10-9-16(11-19-17)25(23,24)20(13-15-7-4-8-15)12-14-5-2-1-3-6-14/h1-3,5-6,9-11,15H,4,7-8,12-13H2,(H,21,22). The Morgan fingerprint density at radius 2 is 1.88 bits per heavy atom. The number of carbonyl (C=O) groups is 1. The van der Waals surface area contributed by atoms with E-state index in [-0.39, 0.29) is 10.6 Å². The SMILES string of the molecule is O=C(O)c1ccc(S(=O)(=O)N(Cc2ccccc2)CC2CCC2)cn1. The van der Waals surface area contributed by atoms with Gasteiger partial charge in [0, 0.05) is 19.3 Å². The molecule has 0 radical (unpaired) electrons. The third-order valence-electron chi connectivity index (χ3n) is 4.48. The average Bonchev–Trinajstić information content (AvgIpc) is 2.57. The Labute approximate surface area is 147 Å². The van der Waals surface area contributed by atoms with Crippen molar-refractivity contribution in [2.24, 2.45) is 5.92 Å². The smallest absolute Gasteiger partial charge is 0.354 e. The predicted molar refractivity (Wildman–Crippen MR) is 92.6 cm³/mol. The van der Waals surface area contributed by atoms with Gasteiger partial charge < -0.3 is 5.11 Å². The second-order valence-electron chi connectivity index (χ2n) is 6.26. The second-order valence-corrected chi connectivity index (χ2v) is 8.20. The van der Waals surface area contributed by atoms with Gasteiger partial charge in [-0.05, 0) is 36.5 Å². The third kappa shape index (κ3) is 4.05. The summed E-state index contributed by atoms with van der Waals surface area (Å²) in [7, 11) is -3.74. The first-order valence-corrected chi connectivity index (χ1v) is 9.64. The van der Waals surface area contributed by atoms with E-state index in [1.165, 1.54) is 16.4 Å². The maximum absolute atomic E-state index is 13.0. The van der Waals surface area contributed by atoms with Crippen molar-refractivity contribution in [1.29, 1.82) is 0 Å². The lowest BCUT2D eigenvalue weighted by Crippen LogP contribution is -2.37. The van der Waals surface area contributed by atoms with E-state index >= 15 is 0 Å². The minimum absolute atomic E-state index is 0.0211. The van der Waals surface area contributed by atoms with Crippen LogP contribution in [0.5, 0.6) is 0 Å². The summed E-state index contributed by atoms with van der Waals surface area (Å²) in [6, 6.07) is 12.0. The number of nitrogens with zero attached hydrogens (tertiary/aromatic N) is 2. The van der Waals surface area contributed by atoms with Crippen molar-refractivity contribution in [2.75, 3.05) is 6.54 Å². The summed E-state index contributed by atoms with van der Waals surface area (Å²) in [6.07, 6.45) is 4.34. The Kier molecular flexibility index (Phi) is 5.15. The van der Waals surface area contributed by atoms with Crippen LogP contribution in [0.2, 0.25) is 0 Å². The van der Waals surface area contributed by atoms with Gasteiger partial charge in [-0.25, -0.2) is 18.2 Å². The molecule has 7 heteroatoms. The fourth-order valence-electron chi connectivity index (χ4n) is 2.81. The van der Waals surface area contributed by atoms with E-state index in [0.717, 1.165) is 31.0 Å². The first kappa shape index (κ1) is 17.6. The minimum atomic E-state index is -3.74. The Bertz CT molecular complexity index is 831. The molecular weight excluding hydrogens is 340 g/mol. The molecule has 0 saturated heterocycles. The van der Waals surface area contributed by atoms with Gasteiger partial charge in [-0.2, -0.15) is 4.31 Å². The number of rotatable bonds is 7. The van der Waals surface area contributed by atoms with Crippen LogP contribution in [0, 0.1) is 5.92 Å². The number of hydrogen-bond donors (Lipinski definition) is 1. The molecule has 1 aromatic heterocycles. The van der Waals surface area contributed by atoms with Crippen LogP contribution in [0.3, 0.4) is 0 Å². The zero-order chi connectivity index (χ0) is 17.9. The molecular formula is C18H20N2O4S. The molecule has 0 aliphatic heterocycles. The highest BCUT2D eigenvalue weighted by molar-refractivity contribution is 7.89. The lowest BCUT2D eigenvalue weighted by atomic mass is 9.85. The van der Waals surface area contributed by atoms with Crippen molar-refractivity contribution in [3.8, 4) is 0 Å². The molecule has 0 unspecified atom stereocenters. The Hall–Kier alpha value is -2.25. The summed E-state index contributed by atoms with van der Waals surface area (Å²) in [4.78, 5) is 14.7. The van der Waals surface area contributed by atoms with Gasteiger partial charge in [0.2, 0.25) is 10.0 Å². The summed E-state index contributed by atoms with van der Waals surface area (Å²) in [6.45, 7) is 0.762. The van der Waals surface area contributed by atoms with Gasteiger partial charge >= 0.3 is 5.97 Å². The molecule has 25 heavy (non-hydrogen) atoms. The van der Waals surface area contributed by atoms with Crippen molar-refractivity contribution in [2.45, 2.75) is 30.7 Å². The van der Waals surface area contributed by atoms with Gasteiger partial charge in [0.25, 0.3) is 0 Å². The summed E-state index contributed by atoms with van der Waals surface area (Å²) in [5.74, 6) is -0.802. The number of aromatic carboxylic acids is 1. The molecule has 1 saturated carbocycles. The van der Waals surface area contributed by atoms with Gasteiger partial charge in [0.15, 0.2) is 0 Å². The molecule has 1 aliphatic carbocycles. The maximum atomic E-state index is 13.0. The van der Waals surface area contributed by atoms with Crippen LogP contribution in [0.15, 0.2) is 53.6 Å². The van der Waals surface area contributed by atoms with Crippen LogP contribution in [0.25, 0.3) is 0 Å². The molecule has 1 fully saturated rings. The quantitative estimate of drug-likeness (QED) is 0.820. The van der Waals surface area contributed by atoms with Gasteiger partial charge in [-0.3, -0.25) is 0 Å². The monoisotopic (exact) mass is 360 g/mol. The van der Waals surface area contributed by atoms with Crippen LogP contribution < -0.4 is 0 Å². The second kappa shape index (κ2) is 7.33. The highest BCUT2D eigenvalue weighted by Crippen LogP contribution is 2.30. The number of carboxylic acid groups (broad SMARTS) is 1. The molecule has 6 nitrogen and oxygen atoms in total. The fraction of sp³-hybridized carbons (Fsp3) is 0.333. The average molecular weight is 360 g/mol. The molecule has 0 amide bonds. The van der Waals surface area contributed by atoms with Crippen LogP contribution in [0.4, 0.5) is 0 Å². The van der Waals surface area contributed by atoms with Crippen molar-refractivity contribution in [1.82, 2.24) is 9.29 Å². The van der Waals surface area contributed by atoms with E-state index in [0.29, 0.717) is 19.0 Å². The lowest BCUT2D eigenvalue weighted by molar-refractivity contribution is 0.0690.